The number of hydrogen-bond acceptors (Lipinski definition) is 0. The standard InChI is InChI=1S/C5H13BBrP/c1-5(2,3)4-8(6)7/h4,6H2,1-3H3. The maximum absolute atomic E-state index is 3.57. The van der Waals surface area contributed by atoms with Crippen molar-refractivity contribution in [3.05, 3.63) is 0 Å². The molecule has 1 atom stereocenters. The molecule has 0 aromatic heterocycles. The molecule has 0 aliphatic rings. The van der Waals surface area contributed by atoms with E-state index in [-0.39, 0.29) is 6.50 Å². The first-order valence-electron chi connectivity index (χ1n) is 2.79. The fourth-order valence-electron chi connectivity index (χ4n) is 0.654. The second-order valence-electron chi connectivity index (χ2n) is 3.32. The second-order valence-corrected chi connectivity index (χ2v) is 8.48. The Morgan fingerprint density at radius 2 is 1.88 bits per heavy atom. The van der Waals surface area contributed by atoms with Crippen LogP contribution in [-0.4, -0.2) is 13.7 Å². The van der Waals surface area contributed by atoms with E-state index < -0.39 is 0 Å². The Hall–Kier alpha value is 0.975. The van der Waals surface area contributed by atoms with E-state index in [0.717, 1.165) is 0 Å². The van der Waals surface area contributed by atoms with Gasteiger partial charge in [-0.05, 0) is 11.6 Å². The average molecular weight is 195 g/mol. The van der Waals surface area contributed by atoms with E-state index in [1.165, 1.54) is 6.16 Å². The van der Waals surface area contributed by atoms with Gasteiger partial charge in [-0.25, -0.2) is 0 Å². The molecule has 0 rings (SSSR count). The summed E-state index contributed by atoms with van der Waals surface area (Å²) in [5, 5.41) is 0. The van der Waals surface area contributed by atoms with Gasteiger partial charge >= 0.3 is 0 Å². The SMILES string of the molecule is BP(Br)CC(C)(C)C. The fraction of sp³-hybridized carbons (Fsp3) is 1.00. The molecule has 0 saturated carbocycles. The summed E-state index contributed by atoms with van der Waals surface area (Å²) >= 11 is 3.57. The van der Waals surface area contributed by atoms with Crippen molar-refractivity contribution in [2.45, 2.75) is 20.8 Å². The summed E-state index contributed by atoms with van der Waals surface area (Å²) in [7, 11) is 2.25. The highest BCUT2D eigenvalue weighted by Gasteiger charge is 2.11. The molecule has 0 heterocycles. The predicted octanol–water partition coefficient (Wildman–Crippen LogP) is 2.37. The van der Waals surface area contributed by atoms with Crippen molar-refractivity contribution < 1.29 is 0 Å². The molecule has 3 heteroatoms. The molecule has 1 unspecified atom stereocenters. The van der Waals surface area contributed by atoms with Crippen LogP contribution in [0.3, 0.4) is 0 Å². The Morgan fingerprint density at radius 1 is 1.50 bits per heavy atom. The van der Waals surface area contributed by atoms with E-state index >= 15 is 0 Å². The summed E-state index contributed by atoms with van der Waals surface area (Å²) in [6.45, 7) is 6.94. The van der Waals surface area contributed by atoms with Gasteiger partial charge in [-0.2, -0.15) is 0 Å². The number of halogens is 1. The summed E-state index contributed by atoms with van der Waals surface area (Å²) in [5.74, 6) is 0. The molecule has 48 valence electrons. The van der Waals surface area contributed by atoms with Crippen molar-refractivity contribution >= 4 is 29.6 Å². The lowest BCUT2D eigenvalue weighted by molar-refractivity contribution is 0.479. The van der Waals surface area contributed by atoms with Crippen LogP contribution in [0.1, 0.15) is 20.8 Å². The van der Waals surface area contributed by atoms with Gasteiger partial charge in [0, 0.05) is 0 Å². The van der Waals surface area contributed by atoms with Gasteiger partial charge in [0.2, 0.25) is 0 Å². The van der Waals surface area contributed by atoms with E-state index in [9.17, 15) is 0 Å². The van der Waals surface area contributed by atoms with Gasteiger partial charge < -0.3 is 0 Å². The van der Waals surface area contributed by atoms with Crippen LogP contribution < -0.4 is 0 Å². The third kappa shape index (κ3) is 6.97. The summed E-state index contributed by atoms with van der Waals surface area (Å²) in [6.07, 6.45) is 1.31. The van der Waals surface area contributed by atoms with Crippen molar-refractivity contribution in [3.63, 3.8) is 0 Å². The number of hydrogen-bond donors (Lipinski definition) is 0. The highest BCUT2D eigenvalue weighted by molar-refractivity contribution is 9.41. The fourth-order valence-corrected chi connectivity index (χ4v) is 4.22. The number of rotatable bonds is 1. The first kappa shape index (κ1) is 8.97. The maximum atomic E-state index is 3.57. The van der Waals surface area contributed by atoms with Gasteiger partial charge in [0.1, 0.15) is 7.57 Å². The van der Waals surface area contributed by atoms with Crippen LogP contribution in [0.15, 0.2) is 0 Å². The summed E-state index contributed by atoms with van der Waals surface area (Å²) in [4.78, 5) is 0. The molecule has 0 bridgehead atoms. The lowest BCUT2D eigenvalue weighted by Crippen LogP contribution is -2.08. The van der Waals surface area contributed by atoms with E-state index in [1.807, 2.05) is 0 Å². The summed E-state index contributed by atoms with van der Waals surface area (Å²) < 4.78 is 0. The van der Waals surface area contributed by atoms with Gasteiger partial charge in [-0.1, -0.05) is 42.8 Å². The molecular formula is C5H13BBrP. The Morgan fingerprint density at radius 3 is 1.88 bits per heavy atom. The van der Waals surface area contributed by atoms with Crippen molar-refractivity contribution in [3.8, 4) is 0 Å². The molecular weight excluding hydrogens is 182 g/mol. The van der Waals surface area contributed by atoms with E-state index in [1.54, 1.807) is 0 Å². The lowest BCUT2D eigenvalue weighted by Gasteiger charge is -2.19. The zero-order valence-corrected chi connectivity index (χ0v) is 8.51. The van der Waals surface area contributed by atoms with Gasteiger partial charge in [0.05, 0.1) is 0 Å². The first-order chi connectivity index (χ1) is 3.42. The smallest absolute Gasteiger partial charge is 0.0796 e. The molecule has 0 radical (unpaired) electrons. The molecule has 0 aromatic carbocycles. The quantitative estimate of drug-likeness (QED) is 0.444. The van der Waals surface area contributed by atoms with Gasteiger partial charge in [0.25, 0.3) is 0 Å². The maximum Gasteiger partial charge on any atom is 0.148 e. The Labute approximate surface area is 62.3 Å². The molecule has 0 nitrogen and oxygen atoms in total. The molecule has 8 heavy (non-hydrogen) atoms. The third-order valence-electron chi connectivity index (χ3n) is 0.692. The minimum absolute atomic E-state index is 0.124. The third-order valence-corrected chi connectivity index (χ3v) is 2.83. The van der Waals surface area contributed by atoms with Gasteiger partial charge in [-0.3, -0.25) is 0 Å². The molecule has 0 aliphatic carbocycles. The molecule has 0 saturated heterocycles. The Bertz CT molecular complexity index is 67.3. The van der Waals surface area contributed by atoms with Crippen LogP contribution in [0.5, 0.6) is 0 Å². The monoisotopic (exact) mass is 194 g/mol. The van der Waals surface area contributed by atoms with Crippen LogP contribution in [0.4, 0.5) is 0 Å². The topological polar surface area (TPSA) is 0 Å². The zero-order chi connectivity index (χ0) is 6.78. The molecule has 0 fully saturated rings. The molecule has 0 aromatic rings. The highest BCUT2D eigenvalue weighted by Crippen LogP contribution is 2.43. The van der Waals surface area contributed by atoms with Gasteiger partial charge in [0.15, 0.2) is 0 Å². The lowest BCUT2D eigenvalue weighted by atomic mass is 10.0. The minimum Gasteiger partial charge on any atom is -0.0796 e. The second kappa shape index (κ2) is 3.22. The van der Waals surface area contributed by atoms with Gasteiger partial charge in [-0.15, -0.1) is 0 Å². The molecule has 0 amide bonds. The predicted molar refractivity (Wildman–Crippen MR) is 48.7 cm³/mol. The van der Waals surface area contributed by atoms with Crippen LogP contribution in [0.25, 0.3) is 0 Å². The van der Waals surface area contributed by atoms with E-state index in [4.69, 9.17) is 0 Å². The van der Waals surface area contributed by atoms with E-state index in [0.29, 0.717) is 5.41 Å². The average Bonchev–Trinajstić information content (AvgIpc) is 1.21. The minimum atomic E-state index is 0.124. The normalized spacial score (nSPS) is 16.0. The largest absolute Gasteiger partial charge is 0.148 e. The van der Waals surface area contributed by atoms with Crippen molar-refractivity contribution in [2.75, 3.05) is 6.16 Å². The summed E-state index contributed by atoms with van der Waals surface area (Å²) in [6, 6.07) is 0. The van der Waals surface area contributed by atoms with Crippen LogP contribution in [0.2, 0.25) is 0 Å². The summed E-state index contributed by atoms with van der Waals surface area (Å²) in [5.41, 5.74) is 0.504. The molecule has 0 spiro atoms. The van der Waals surface area contributed by atoms with Crippen LogP contribution in [0, 0.1) is 5.41 Å². The molecule has 0 N–H and O–H groups in total. The molecule has 0 aliphatic heterocycles. The Balaban J connectivity index is 3.39. The van der Waals surface area contributed by atoms with Crippen molar-refractivity contribution in [1.82, 2.24) is 0 Å². The highest BCUT2D eigenvalue weighted by atomic mass is 79.9. The first-order valence-corrected chi connectivity index (χ1v) is 6.78. The zero-order valence-electron chi connectivity index (χ0n) is 6.03. The van der Waals surface area contributed by atoms with E-state index in [2.05, 4.69) is 43.8 Å². The van der Waals surface area contributed by atoms with Crippen molar-refractivity contribution in [2.24, 2.45) is 5.41 Å². The van der Waals surface area contributed by atoms with Crippen molar-refractivity contribution in [1.29, 1.82) is 0 Å². The van der Waals surface area contributed by atoms with Crippen LogP contribution >= 0.6 is 22.0 Å². The van der Waals surface area contributed by atoms with Crippen LogP contribution in [-0.2, 0) is 0 Å². The Kier molecular flexibility index (Phi) is 3.61.